The first-order chi connectivity index (χ1) is 14.2. The van der Waals surface area contributed by atoms with Gasteiger partial charge in [0.05, 0.1) is 24.4 Å². The zero-order valence-electron chi connectivity index (χ0n) is 16.4. The number of piperazine rings is 1. The summed E-state index contributed by atoms with van der Waals surface area (Å²) in [5.74, 6) is 2.05. The minimum atomic E-state index is 0.272. The maximum Gasteiger partial charge on any atom is 0.227 e. The Kier molecular flexibility index (Phi) is 4.05. The predicted octanol–water partition coefficient (Wildman–Crippen LogP) is 0.778. The van der Waals surface area contributed by atoms with Crippen LogP contribution in [0.25, 0.3) is 11.3 Å². The summed E-state index contributed by atoms with van der Waals surface area (Å²) in [4.78, 5) is 25.5. The molecular formula is C20H26N8O. The van der Waals surface area contributed by atoms with E-state index in [9.17, 15) is 0 Å². The Hall–Kier alpha value is -2.52. The zero-order valence-corrected chi connectivity index (χ0v) is 16.4. The lowest BCUT2D eigenvalue weighted by Gasteiger charge is -2.35. The largest absolute Gasteiger partial charge is 0.374 e. The van der Waals surface area contributed by atoms with Crippen LogP contribution in [0, 0.1) is 0 Å². The van der Waals surface area contributed by atoms with E-state index < -0.39 is 0 Å². The summed E-state index contributed by atoms with van der Waals surface area (Å²) in [7, 11) is 0. The first kappa shape index (κ1) is 17.3. The van der Waals surface area contributed by atoms with Crippen LogP contribution in [0.2, 0.25) is 0 Å². The monoisotopic (exact) mass is 394 g/mol. The second-order valence-corrected chi connectivity index (χ2v) is 8.49. The van der Waals surface area contributed by atoms with Gasteiger partial charge in [-0.25, -0.2) is 15.0 Å². The minimum absolute atomic E-state index is 0.272. The van der Waals surface area contributed by atoms with Gasteiger partial charge in [0, 0.05) is 62.8 Å². The highest BCUT2D eigenvalue weighted by Crippen LogP contribution is 2.34. The molecule has 4 fully saturated rings. The molecule has 1 aliphatic carbocycles. The van der Waals surface area contributed by atoms with Gasteiger partial charge in [0.1, 0.15) is 5.82 Å². The van der Waals surface area contributed by atoms with Crippen molar-refractivity contribution in [2.75, 3.05) is 54.9 Å². The van der Waals surface area contributed by atoms with Crippen LogP contribution in [-0.4, -0.2) is 82.4 Å². The summed E-state index contributed by atoms with van der Waals surface area (Å²) in [5.41, 5.74) is 7.38. The van der Waals surface area contributed by atoms with E-state index in [1.54, 1.807) is 12.4 Å². The van der Waals surface area contributed by atoms with Gasteiger partial charge in [-0.3, -0.25) is 4.90 Å². The van der Waals surface area contributed by atoms with Crippen molar-refractivity contribution in [2.24, 2.45) is 0 Å². The standard InChI is InChI=1S/C20H26N8O/c21-19-22-9-13(10-23-19)17-8-18(28-11-16-7-15(28)12-29-16)25-20(24-17)27-5-3-26(4-6-27)14-1-2-14/h8-10,14-16H,1-7,11-12H2,(H2,21,22,23)/t15-,16-/m0/s1. The van der Waals surface area contributed by atoms with Crippen molar-refractivity contribution in [1.29, 1.82) is 0 Å². The van der Waals surface area contributed by atoms with Crippen LogP contribution in [0.3, 0.4) is 0 Å². The van der Waals surface area contributed by atoms with Crippen LogP contribution < -0.4 is 15.5 Å². The highest BCUT2D eigenvalue weighted by molar-refractivity contribution is 5.64. The van der Waals surface area contributed by atoms with Gasteiger partial charge in [0.15, 0.2) is 0 Å². The molecule has 3 aliphatic heterocycles. The van der Waals surface area contributed by atoms with Crippen LogP contribution in [0.1, 0.15) is 19.3 Å². The van der Waals surface area contributed by atoms with Crippen molar-refractivity contribution >= 4 is 17.7 Å². The van der Waals surface area contributed by atoms with Crippen molar-refractivity contribution < 1.29 is 4.74 Å². The maximum absolute atomic E-state index is 5.78. The number of hydrogen-bond acceptors (Lipinski definition) is 9. The van der Waals surface area contributed by atoms with E-state index in [4.69, 9.17) is 20.4 Å². The van der Waals surface area contributed by atoms with Crippen LogP contribution in [-0.2, 0) is 4.74 Å². The number of morpholine rings is 1. The van der Waals surface area contributed by atoms with Gasteiger partial charge < -0.3 is 20.3 Å². The maximum atomic E-state index is 5.78. The Morgan fingerprint density at radius 3 is 2.45 bits per heavy atom. The fourth-order valence-corrected chi connectivity index (χ4v) is 4.74. The Morgan fingerprint density at radius 2 is 1.79 bits per heavy atom. The van der Waals surface area contributed by atoms with Gasteiger partial charge >= 0.3 is 0 Å². The third-order valence-electron chi connectivity index (χ3n) is 6.52. The van der Waals surface area contributed by atoms with Crippen LogP contribution in [0.15, 0.2) is 18.5 Å². The predicted molar refractivity (Wildman–Crippen MR) is 110 cm³/mol. The van der Waals surface area contributed by atoms with Gasteiger partial charge in [-0.05, 0) is 19.3 Å². The second-order valence-electron chi connectivity index (χ2n) is 8.49. The lowest BCUT2D eigenvalue weighted by Crippen LogP contribution is -2.48. The molecule has 4 aliphatic rings. The summed E-state index contributed by atoms with van der Waals surface area (Å²) in [6, 6.07) is 3.27. The number of nitrogen functional groups attached to an aromatic ring is 1. The van der Waals surface area contributed by atoms with E-state index >= 15 is 0 Å². The van der Waals surface area contributed by atoms with Crippen molar-refractivity contribution in [2.45, 2.75) is 37.5 Å². The molecule has 152 valence electrons. The van der Waals surface area contributed by atoms with Crippen molar-refractivity contribution in [3.05, 3.63) is 18.5 Å². The third kappa shape index (κ3) is 3.28. The van der Waals surface area contributed by atoms with E-state index in [1.165, 1.54) is 12.8 Å². The third-order valence-corrected chi connectivity index (χ3v) is 6.52. The molecule has 5 heterocycles. The lowest BCUT2D eigenvalue weighted by molar-refractivity contribution is 0.0989. The molecular weight excluding hydrogens is 368 g/mol. The number of ether oxygens (including phenoxy) is 1. The number of fused-ring (bicyclic) bond motifs is 2. The molecule has 0 amide bonds. The fraction of sp³-hybridized carbons (Fsp3) is 0.600. The van der Waals surface area contributed by atoms with Gasteiger partial charge in [-0.2, -0.15) is 4.98 Å². The second kappa shape index (κ2) is 6.77. The number of hydrogen-bond donors (Lipinski definition) is 1. The molecule has 1 saturated carbocycles. The van der Waals surface area contributed by atoms with Crippen molar-refractivity contribution in [1.82, 2.24) is 24.8 Å². The molecule has 0 aromatic carbocycles. The smallest absolute Gasteiger partial charge is 0.227 e. The van der Waals surface area contributed by atoms with Crippen molar-refractivity contribution in [3.63, 3.8) is 0 Å². The van der Waals surface area contributed by atoms with E-state index in [0.29, 0.717) is 12.1 Å². The summed E-state index contributed by atoms with van der Waals surface area (Å²) in [6.07, 6.45) is 7.59. The number of nitrogens with two attached hydrogens (primary N) is 1. The minimum Gasteiger partial charge on any atom is -0.374 e. The molecule has 9 nitrogen and oxygen atoms in total. The van der Waals surface area contributed by atoms with E-state index in [2.05, 4.69) is 30.7 Å². The first-order valence-corrected chi connectivity index (χ1v) is 10.6. The number of anilines is 3. The van der Waals surface area contributed by atoms with Crippen LogP contribution in [0.5, 0.6) is 0 Å². The molecule has 2 aromatic rings. The Morgan fingerprint density at radius 1 is 1.00 bits per heavy atom. The van der Waals surface area contributed by atoms with Gasteiger partial charge in [-0.1, -0.05) is 0 Å². The molecule has 6 rings (SSSR count). The summed E-state index contributed by atoms with van der Waals surface area (Å²) >= 11 is 0. The molecule has 2 atom stereocenters. The lowest BCUT2D eigenvalue weighted by atomic mass is 10.2. The highest BCUT2D eigenvalue weighted by Gasteiger charge is 2.40. The van der Waals surface area contributed by atoms with E-state index in [0.717, 1.165) is 74.8 Å². The van der Waals surface area contributed by atoms with Crippen LogP contribution in [0.4, 0.5) is 17.7 Å². The molecule has 0 spiro atoms. The average Bonchev–Trinajstić information content (AvgIpc) is 3.40. The molecule has 0 unspecified atom stereocenters. The summed E-state index contributed by atoms with van der Waals surface area (Å²) in [5, 5.41) is 0. The Balaban J connectivity index is 1.33. The average molecular weight is 394 g/mol. The molecule has 0 radical (unpaired) electrons. The highest BCUT2D eigenvalue weighted by atomic mass is 16.5. The molecule has 29 heavy (non-hydrogen) atoms. The molecule has 2 bridgehead atoms. The first-order valence-electron chi connectivity index (χ1n) is 10.6. The summed E-state index contributed by atoms with van der Waals surface area (Å²) in [6.45, 7) is 5.78. The van der Waals surface area contributed by atoms with E-state index in [-0.39, 0.29) is 5.95 Å². The topological polar surface area (TPSA) is 96.5 Å². The fourth-order valence-electron chi connectivity index (χ4n) is 4.74. The Bertz CT molecular complexity index is 894. The van der Waals surface area contributed by atoms with Gasteiger partial charge in [-0.15, -0.1) is 0 Å². The van der Waals surface area contributed by atoms with Crippen molar-refractivity contribution in [3.8, 4) is 11.3 Å². The normalized spacial score (nSPS) is 27.0. The SMILES string of the molecule is Nc1ncc(-c2cc(N3C[C@@H]4C[C@H]3CO4)nc(N3CCN(C4CC4)CC3)n2)cn1. The number of aromatic nitrogens is 4. The van der Waals surface area contributed by atoms with Crippen LogP contribution >= 0.6 is 0 Å². The molecule has 9 heteroatoms. The number of rotatable bonds is 4. The molecule has 3 saturated heterocycles. The number of nitrogens with zero attached hydrogens (tertiary/aromatic N) is 7. The van der Waals surface area contributed by atoms with E-state index in [1.807, 2.05) is 0 Å². The zero-order chi connectivity index (χ0) is 19.4. The Labute approximate surface area is 169 Å². The summed E-state index contributed by atoms with van der Waals surface area (Å²) < 4.78 is 5.78. The molecule has 2 N–H and O–H groups in total. The quantitative estimate of drug-likeness (QED) is 0.807. The van der Waals surface area contributed by atoms with Gasteiger partial charge in [0.2, 0.25) is 11.9 Å². The molecule has 2 aromatic heterocycles. The van der Waals surface area contributed by atoms with Gasteiger partial charge in [0.25, 0.3) is 0 Å².